The second-order valence-electron chi connectivity index (χ2n) is 7.47. The van der Waals surface area contributed by atoms with Crippen LogP contribution in [0.4, 0.5) is 4.39 Å². The molecule has 0 aliphatic heterocycles. The fourth-order valence-electron chi connectivity index (χ4n) is 4.08. The van der Waals surface area contributed by atoms with Gasteiger partial charge in [0.1, 0.15) is 17.2 Å². The van der Waals surface area contributed by atoms with Crippen LogP contribution in [-0.2, 0) is 6.42 Å². The normalized spacial score (nSPS) is 14.7. The molecule has 1 aliphatic rings. The first-order chi connectivity index (χ1) is 14.1. The number of thioether (sulfide) groups is 1. The SMILES string of the molecule is CSc1nnc(CCCNC(=O)c2oc3ccc(F)cc3c2C)n1C1CCCC1. The van der Waals surface area contributed by atoms with Gasteiger partial charge in [-0.2, -0.15) is 0 Å². The highest BCUT2D eigenvalue weighted by atomic mass is 32.2. The smallest absolute Gasteiger partial charge is 0.287 e. The van der Waals surface area contributed by atoms with E-state index < -0.39 is 0 Å². The van der Waals surface area contributed by atoms with Crippen LogP contribution in [0.25, 0.3) is 11.0 Å². The summed E-state index contributed by atoms with van der Waals surface area (Å²) >= 11 is 1.63. The fraction of sp³-hybridized carbons (Fsp3) is 0.476. The van der Waals surface area contributed by atoms with Gasteiger partial charge in [-0.25, -0.2) is 4.39 Å². The van der Waals surface area contributed by atoms with Gasteiger partial charge in [-0.05, 0) is 50.6 Å². The van der Waals surface area contributed by atoms with E-state index in [1.165, 1.54) is 37.8 Å². The van der Waals surface area contributed by atoms with E-state index in [4.69, 9.17) is 4.42 Å². The van der Waals surface area contributed by atoms with E-state index in [9.17, 15) is 9.18 Å². The van der Waals surface area contributed by atoms with E-state index in [1.807, 2.05) is 6.26 Å². The second-order valence-corrected chi connectivity index (χ2v) is 8.24. The number of aromatic nitrogens is 3. The van der Waals surface area contributed by atoms with Crippen molar-refractivity contribution >= 4 is 28.6 Å². The van der Waals surface area contributed by atoms with E-state index in [0.29, 0.717) is 29.1 Å². The predicted octanol–water partition coefficient (Wildman–Crippen LogP) is 4.67. The van der Waals surface area contributed by atoms with E-state index in [1.54, 1.807) is 24.8 Å². The molecule has 0 saturated heterocycles. The first-order valence-electron chi connectivity index (χ1n) is 10.0. The van der Waals surface area contributed by atoms with Crippen molar-refractivity contribution < 1.29 is 13.6 Å². The lowest BCUT2D eigenvalue weighted by molar-refractivity contribution is 0.0926. The third-order valence-electron chi connectivity index (χ3n) is 5.57. The number of amides is 1. The number of nitrogens with one attached hydrogen (secondary N) is 1. The summed E-state index contributed by atoms with van der Waals surface area (Å²) in [5, 5.41) is 13.2. The number of fused-ring (bicyclic) bond motifs is 1. The van der Waals surface area contributed by atoms with Gasteiger partial charge in [0.05, 0.1) is 0 Å². The Kier molecular flexibility index (Phi) is 5.89. The lowest BCUT2D eigenvalue weighted by atomic mass is 10.1. The number of furan rings is 1. The molecule has 1 aromatic carbocycles. The van der Waals surface area contributed by atoms with Crippen molar-refractivity contribution in [2.75, 3.05) is 12.8 Å². The molecule has 0 bridgehead atoms. The van der Waals surface area contributed by atoms with Crippen molar-refractivity contribution in [3.05, 3.63) is 41.2 Å². The summed E-state index contributed by atoms with van der Waals surface area (Å²) in [5.74, 6) is 0.612. The molecule has 1 aliphatic carbocycles. The minimum absolute atomic E-state index is 0.240. The maximum absolute atomic E-state index is 13.5. The third-order valence-corrected chi connectivity index (χ3v) is 6.22. The summed E-state index contributed by atoms with van der Waals surface area (Å²) in [6.07, 6.45) is 8.43. The largest absolute Gasteiger partial charge is 0.451 e. The number of hydrogen-bond donors (Lipinski definition) is 1. The van der Waals surface area contributed by atoms with Gasteiger partial charge in [0, 0.05) is 30.0 Å². The lowest BCUT2D eigenvalue weighted by Gasteiger charge is -2.16. The Morgan fingerprint density at radius 1 is 1.34 bits per heavy atom. The highest BCUT2D eigenvalue weighted by Crippen LogP contribution is 2.33. The van der Waals surface area contributed by atoms with E-state index in [-0.39, 0.29) is 17.5 Å². The molecule has 4 rings (SSSR count). The van der Waals surface area contributed by atoms with Crippen molar-refractivity contribution in [2.45, 2.75) is 56.6 Å². The van der Waals surface area contributed by atoms with Crippen molar-refractivity contribution in [2.24, 2.45) is 0 Å². The van der Waals surface area contributed by atoms with Gasteiger partial charge in [0.25, 0.3) is 5.91 Å². The molecule has 0 radical (unpaired) electrons. The molecule has 2 aromatic heterocycles. The average molecular weight is 417 g/mol. The first kappa shape index (κ1) is 19.9. The maximum Gasteiger partial charge on any atom is 0.287 e. The lowest BCUT2D eigenvalue weighted by Crippen LogP contribution is -2.25. The van der Waals surface area contributed by atoms with Crippen LogP contribution < -0.4 is 5.32 Å². The second kappa shape index (κ2) is 8.57. The van der Waals surface area contributed by atoms with Crippen LogP contribution in [-0.4, -0.2) is 33.5 Å². The average Bonchev–Trinajstić information content (AvgIpc) is 3.44. The molecule has 29 heavy (non-hydrogen) atoms. The predicted molar refractivity (Wildman–Crippen MR) is 111 cm³/mol. The Morgan fingerprint density at radius 2 is 2.14 bits per heavy atom. The van der Waals surface area contributed by atoms with Gasteiger partial charge >= 0.3 is 0 Å². The van der Waals surface area contributed by atoms with Crippen LogP contribution in [0.1, 0.15) is 60.1 Å². The number of aryl methyl sites for hydroxylation is 2. The highest BCUT2D eigenvalue weighted by Gasteiger charge is 2.23. The molecule has 0 spiro atoms. The zero-order valence-electron chi connectivity index (χ0n) is 16.7. The Balaban J connectivity index is 1.37. The van der Waals surface area contributed by atoms with Gasteiger partial charge in [-0.15, -0.1) is 10.2 Å². The molecule has 1 saturated carbocycles. The molecule has 6 nitrogen and oxygen atoms in total. The summed E-state index contributed by atoms with van der Waals surface area (Å²) in [7, 11) is 0. The number of benzene rings is 1. The summed E-state index contributed by atoms with van der Waals surface area (Å²) in [4.78, 5) is 12.5. The van der Waals surface area contributed by atoms with Crippen LogP contribution in [0.15, 0.2) is 27.8 Å². The molecular weight excluding hydrogens is 391 g/mol. The molecule has 0 atom stereocenters. The van der Waals surface area contributed by atoms with Crippen molar-refractivity contribution in [1.82, 2.24) is 20.1 Å². The van der Waals surface area contributed by atoms with Crippen molar-refractivity contribution in [3.8, 4) is 0 Å². The number of rotatable bonds is 7. The van der Waals surface area contributed by atoms with E-state index in [0.717, 1.165) is 23.8 Å². The summed E-state index contributed by atoms with van der Waals surface area (Å²) in [6.45, 7) is 2.28. The quantitative estimate of drug-likeness (QED) is 0.447. The number of hydrogen-bond acceptors (Lipinski definition) is 5. The Hall–Kier alpha value is -2.35. The van der Waals surface area contributed by atoms with Crippen molar-refractivity contribution in [1.29, 1.82) is 0 Å². The van der Waals surface area contributed by atoms with Gasteiger partial charge in [-0.1, -0.05) is 24.6 Å². The maximum atomic E-state index is 13.5. The summed E-state index contributed by atoms with van der Waals surface area (Å²) in [5.41, 5.74) is 1.17. The molecule has 3 aromatic rings. The van der Waals surface area contributed by atoms with Gasteiger partial charge in [0.15, 0.2) is 10.9 Å². The van der Waals surface area contributed by atoms with Crippen LogP contribution >= 0.6 is 11.8 Å². The molecule has 1 N–H and O–H groups in total. The Bertz CT molecular complexity index is 1020. The molecule has 2 heterocycles. The molecule has 1 fully saturated rings. The zero-order valence-corrected chi connectivity index (χ0v) is 17.5. The Labute approximate surface area is 173 Å². The monoisotopic (exact) mass is 416 g/mol. The van der Waals surface area contributed by atoms with Gasteiger partial charge < -0.3 is 14.3 Å². The summed E-state index contributed by atoms with van der Waals surface area (Å²) < 4.78 is 21.4. The first-order valence-corrected chi connectivity index (χ1v) is 11.3. The molecular formula is C21H25FN4O2S. The molecule has 154 valence electrons. The van der Waals surface area contributed by atoms with Crippen LogP contribution in [0.3, 0.4) is 0 Å². The summed E-state index contributed by atoms with van der Waals surface area (Å²) in [6, 6.07) is 4.77. The van der Waals surface area contributed by atoms with Crippen LogP contribution in [0, 0.1) is 12.7 Å². The fourth-order valence-corrected chi connectivity index (χ4v) is 4.66. The molecule has 8 heteroatoms. The van der Waals surface area contributed by atoms with Gasteiger partial charge in [-0.3, -0.25) is 4.79 Å². The minimum atomic E-state index is -0.343. The van der Waals surface area contributed by atoms with Crippen LogP contribution in [0.5, 0.6) is 0 Å². The molecule has 0 unspecified atom stereocenters. The number of nitrogens with zero attached hydrogens (tertiary/aromatic N) is 3. The number of carbonyl (C=O) groups excluding carboxylic acids is 1. The Morgan fingerprint density at radius 3 is 2.90 bits per heavy atom. The van der Waals surface area contributed by atoms with Crippen LogP contribution in [0.2, 0.25) is 0 Å². The van der Waals surface area contributed by atoms with E-state index in [2.05, 4.69) is 20.1 Å². The van der Waals surface area contributed by atoms with Crippen molar-refractivity contribution in [3.63, 3.8) is 0 Å². The third kappa shape index (κ3) is 4.03. The standard InChI is InChI=1S/C21H25FN4O2S/c1-13-16-12-14(22)9-10-17(16)28-19(13)20(27)23-11-5-8-18-24-25-21(29-2)26(18)15-6-3-4-7-15/h9-10,12,15H,3-8,11H2,1-2H3,(H,23,27). The number of halogens is 1. The number of carbonyl (C=O) groups is 1. The van der Waals surface area contributed by atoms with E-state index >= 15 is 0 Å². The van der Waals surface area contributed by atoms with Gasteiger partial charge in [0.2, 0.25) is 0 Å². The zero-order chi connectivity index (χ0) is 20.4. The topological polar surface area (TPSA) is 73.0 Å². The molecule has 1 amide bonds. The minimum Gasteiger partial charge on any atom is -0.451 e. The highest BCUT2D eigenvalue weighted by molar-refractivity contribution is 7.98.